The van der Waals surface area contributed by atoms with Gasteiger partial charge in [0.1, 0.15) is 0 Å². The Hall–Kier alpha value is -2.42. The molecule has 1 aliphatic carbocycles. The quantitative estimate of drug-likeness (QED) is 0.371. The SMILES string of the molecule is Cc1ccc(/C([O-])=N/[n+]2ccc(C3CC=CCC3)cc2)cc1. The van der Waals surface area contributed by atoms with Crippen LogP contribution in [0.2, 0.25) is 0 Å². The van der Waals surface area contributed by atoms with Crippen LogP contribution in [0, 0.1) is 6.92 Å². The largest absolute Gasteiger partial charge is 0.854 e. The van der Waals surface area contributed by atoms with Gasteiger partial charge < -0.3 is 5.11 Å². The molecule has 2 aromatic rings. The van der Waals surface area contributed by atoms with Crippen molar-refractivity contribution in [2.24, 2.45) is 5.10 Å². The Bertz CT molecular complexity index is 684. The summed E-state index contributed by atoms with van der Waals surface area (Å²) in [5.41, 5.74) is 3.06. The van der Waals surface area contributed by atoms with Crippen LogP contribution in [0.3, 0.4) is 0 Å². The maximum absolute atomic E-state index is 12.1. The fourth-order valence-corrected chi connectivity index (χ4v) is 2.72. The van der Waals surface area contributed by atoms with Crippen molar-refractivity contribution < 1.29 is 9.78 Å². The van der Waals surface area contributed by atoms with Gasteiger partial charge in [-0.3, -0.25) is 0 Å². The van der Waals surface area contributed by atoms with Crippen molar-refractivity contribution in [1.82, 2.24) is 0 Å². The van der Waals surface area contributed by atoms with Crippen LogP contribution in [0.4, 0.5) is 0 Å². The second-order valence-corrected chi connectivity index (χ2v) is 5.76. The van der Waals surface area contributed by atoms with E-state index < -0.39 is 0 Å². The minimum absolute atomic E-state index is 0.224. The first kappa shape index (κ1) is 14.5. The molecule has 0 fully saturated rings. The third-order valence-corrected chi connectivity index (χ3v) is 4.08. The molecule has 0 aliphatic heterocycles. The molecule has 0 saturated carbocycles. The second kappa shape index (κ2) is 6.56. The highest BCUT2D eigenvalue weighted by Crippen LogP contribution is 2.28. The van der Waals surface area contributed by atoms with Gasteiger partial charge in [0.25, 0.3) is 0 Å². The summed E-state index contributed by atoms with van der Waals surface area (Å²) in [6.45, 7) is 2.00. The molecule has 1 aliphatic rings. The summed E-state index contributed by atoms with van der Waals surface area (Å²) < 4.78 is 1.59. The summed E-state index contributed by atoms with van der Waals surface area (Å²) in [5, 5.41) is 16.2. The van der Waals surface area contributed by atoms with E-state index in [1.165, 1.54) is 12.0 Å². The molecule has 1 atom stereocenters. The van der Waals surface area contributed by atoms with Crippen molar-refractivity contribution in [3.63, 3.8) is 0 Å². The van der Waals surface area contributed by atoms with Crippen LogP contribution in [0.5, 0.6) is 0 Å². The molecule has 1 aromatic carbocycles. The van der Waals surface area contributed by atoms with Gasteiger partial charge in [0.05, 0.1) is 5.90 Å². The van der Waals surface area contributed by atoms with E-state index in [1.807, 2.05) is 43.6 Å². The van der Waals surface area contributed by atoms with Gasteiger partial charge in [-0.05, 0) is 48.3 Å². The fraction of sp³-hybridized carbons (Fsp3) is 0.263. The zero-order valence-electron chi connectivity index (χ0n) is 12.8. The highest BCUT2D eigenvalue weighted by Gasteiger charge is 2.13. The van der Waals surface area contributed by atoms with Crippen LogP contribution >= 0.6 is 0 Å². The summed E-state index contributed by atoms with van der Waals surface area (Å²) in [6.07, 6.45) is 11.7. The first-order valence-electron chi connectivity index (χ1n) is 7.71. The van der Waals surface area contributed by atoms with Gasteiger partial charge in [0.2, 0.25) is 12.4 Å². The maximum Gasteiger partial charge on any atom is 0.202 e. The van der Waals surface area contributed by atoms with Crippen molar-refractivity contribution in [2.45, 2.75) is 32.1 Å². The summed E-state index contributed by atoms with van der Waals surface area (Å²) in [6, 6.07) is 11.6. The topological polar surface area (TPSA) is 39.3 Å². The molecule has 1 unspecified atom stereocenters. The number of nitrogens with zero attached hydrogens (tertiary/aromatic N) is 2. The molecule has 3 heteroatoms. The van der Waals surface area contributed by atoms with Gasteiger partial charge >= 0.3 is 0 Å². The lowest BCUT2D eigenvalue weighted by Crippen LogP contribution is -2.33. The van der Waals surface area contributed by atoms with Crippen molar-refractivity contribution in [2.75, 3.05) is 0 Å². The number of hydrogen-bond donors (Lipinski definition) is 0. The van der Waals surface area contributed by atoms with E-state index in [0.29, 0.717) is 11.5 Å². The third-order valence-electron chi connectivity index (χ3n) is 4.08. The summed E-state index contributed by atoms with van der Waals surface area (Å²) in [4.78, 5) is 0. The van der Waals surface area contributed by atoms with Crippen LogP contribution in [-0.4, -0.2) is 5.90 Å². The molecule has 0 spiro atoms. The van der Waals surface area contributed by atoms with Crippen molar-refractivity contribution in [3.8, 4) is 0 Å². The highest BCUT2D eigenvalue weighted by atomic mass is 16.3. The van der Waals surface area contributed by atoms with Gasteiger partial charge in [-0.25, -0.2) is 0 Å². The summed E-state index contributed by atoms with van der Waals surface area (Å²) in [5.74, 6) is 0.366. The number of hydrogen-bond acceptors (Lipinski definition) is 2. The predicted octanol–water partition coefficient (Wildman–Crippen LogP) is 2.68. The van der Waals surface area contributed by atoms with E-state index in [4.69, 9.17) is 0 Å². The standard InChI is InChI=1S/C19H20N2O/c1-15-7-9-18(10-8-15)19(22)20-21-13-11-17(12-14-21)16-5-3-2-4-6-16/h2-3,7-14,16H,4-6H2,1H3. The van der Waals surface area contributed by atoms with E-state index in [1.54, 1.807) is 4.68 Å². The molecule has 1 heterocycles. The molecule has 112 valence electrons. The predicted molar refractivity (Wildman–Crippen MR) is 85.5 cm³/mol. The van der Waals surface area contributed by atoms with Crippen molar-refractivity contribution in [1.29, 1.82) is 0 Å². The Kier molecular flexibility index (Phi) is 4.33. The minimum Gasteiger partial charge on any atom is -0.854 e. The van der Waals surface area contributed by atoms with Crippen LogP contribution in [-0.2, 0) is 0 Å². The molecule has 22 heavy (non-hydrogen) atoms. The zero-order chi connectivity index (χ0) is 15.4. The van der Waals surface area contributed by atoms with Gasteiger partial charge in [-0.1, -0.05) is 46.7 Å². The number of aromatic nitrogens is 1. The normalized spacial score (nSPS) is 18.4. The highest BCUT2D eigenvalue weighted by molar-refractivity contribution is 5.89. The maximum atomic E-state index is 12.1. The Morgan fingerprint density at radius 2 is 1.82 bits per heavy atom. The van der Waals surface area contributed by atoms with Crippen molar-refractivity contribution in [3.05, 3.63) is 77.6 Å². The monoisotopic (exact) mass is 292 g/mol. The smallest absolute Gasteiger partial charge is 0.202 e. The first-order chi connectivity index (χ1) is 10.7. The molecule has 1 aromatic heterocycles. The fourth-order valence-electron chi connectivity index (χ4n) is 2.72. The Labute approximate surface area is 131 Å². The number of pyridine rings is 1. The summed E-state index contributed by atoms with van der Waals surface area (Å²) >= 11 is 0. The minimum atomic E-state index is -0.224. The third kappa shape index (κ3) is 3.42. The Balaban J connectivity index is 1.76. The van der Waals surface area contributed by atoms with Crippen LogP contribution < -0.4 is 9.78 Å². The van der Waals surface area contributed by atoms with Crippen molar-refractivity contribution >= 4 is 5.90 Å². The molecule has 3 rings (SSSR count). The molecule has 0 radical (unpaired) electrons. The van der Waals surface area contributed by atoms with E-state index in [2.05, 4.69) is 29.4 Å². The van der Waals surface area contributed by atoms with Crippen LogP contribution in [0.1, 0.15) is 41.9 Å². The Morgan fingerprint density at radius 1 is 1.09 bits per heavy atom. The molecular formula is C19H20N2O. The molecular weight excluding hydrogens is 272 g/mol. The number of allylic oxidation sites excluding steroid dienone is 2. The molecule has 3 nitrogen and oxygen atoms in total. The molecule has 0 amide bonds. The lowest BCUT2D eigenvalue weighted by atomic mass is 9.88. The van der Waals surface area contributed by atoms with Gasteiger partial charge in [0, 0.05) is 12.1 Å². The van der Waals surface area contributed by atoms with E-state index >= 15 is 0 Å². The second-order valence-electron chi connectivity index (χ2n) is 5.76. The van der Waals surface area contributed by atoms with Gasteiger partial charge in [-0.15, -0.1) is 0 Å². The van der Waals surface area contributed by atoms with Crippen LogP contribution in [0.15, 0.2) is 66.0 Å². The average molecular weight is 292 g/mol. The number of aryl methyl sites for hydroxylation is 1. The lowest BCUT2D eigenvalue weighted by molar-refractivity contribution is -0.681. The first-order valence-corrected chi connectivity index (χ1v) is 7.71. The molecule has 0 N–H and O–H groups in total. The van der Waals surface area contributed by atoms with Gasteiger partial charge in [-0.2, -0.15) is 0 Å². The Morgan fingerprint density at radius 3 is 2.45 bits per heavy atom. The summed E-state index contributed by atoms with van der Waals surface area (Å²) in [7, 11) is 0. The van der Waals surface area contributed by atoms with E-state index in [0.717, 1.165) is 18.4 Å². The number of rotatable bonds is 3. The van der Waals surface area contributed by atoms with E-state index in [9.17, 15) is 5.11 Å². The average Bonchev–Trinajstić information content (AvgIpc) is 2.57. The van der Waals surface area contributed by atoms with Gasteiger partial charge in [0.15, 0.2) is 0 Å². The molecule has 0 bridgehead atoms. The number of benzene rings is 1. The molecule has 0 saturated heterocycles. The van der Waals surface area contributed by atoms with E-state index in [-0.39, 0.29) is 5.90 Å². The van der Waals surface area contributed by atoms with Crippen LogP contribution in [0.25, 0.3) is 0 Å². The zero-order valence-corrected chi connectivity index (χ0v) is 12.8. The lowest BCUT2D eigenvalue weighted by Gasteiger charge is -2.16.